The first-order chi connectivity index (χ1) is 10.2. The van der Waals surface area contributed by atoms with Crippen molar-refractivity contribution in [2.24, 2.45) is 5.73 Å². The first-order valence-electron chi connectivity index (χ1n) is 7.81. The zero-order valence-corrected chi connectivity index (χ0v) is 13.5. The third kappa shape index (κ3) is 3.45. The SMILES string of the molecule is Cl.NC1(C(=O)NCCCc2c[nH]c3ccccc23)CCCC1. The van der Waals surface area contributed by atoms with Crippen molar-refractivity contribution in [3.8, 4) is 0 Å². The summed E-state index contributed by atoms with van der Waals surface area (Å²) in [6.45, 7) is 0.692. The first kappa shape index (κ1) is 16.8. The van der Waals surface area contributed by atoms with Gasteiger partial charge in [0.1, 0.15) is 0 Å². The smallest absolute Gasteiger partial charge is 0.240 e. The third-order valence-electron chi connectivity index (χ3n) is 4.53. The van der Waals surface area contributed by atoms with Gasteiger partial charge in [-0.25, -0.2) is 0 Å². The number of hydrogen-bond acceptors (Lipinski definition) is 2. The average molecular weight is 322 g/mol. The highest BCUT2D eigenvalue weighted by Crippen LogP contribution is 2.27. The molecule has 0 radical (unpaired) electrons. The fourth-order valence-corrected chi connectivity index (χ4v) is 3.23. The van der Waals surface area contributed by atoms with Gasteiger partial charge in [-0.1, -0.05) is 31.0 Å². The number of aromatic amines is 1. The van der Waals surface area contributed by atoms with E-state index in [9.17, 15) is 4.79 Å². The van der Waals surface area contributed by atoms with Crippen molar-refractivity contribution in [3.05, 3.63) is 36.0 Å². The van der Waals surface area contributed by atoms with Gasteiger partial charge >= 0.3 is 0 Å². The van der Waals surface area contributed by atoms with Gasteiger partial charge in [0.2, 0.25) is 5.91 Å². The molecule has 1 aromatic heterocycles. The highest BCUT2D eigenvalue weighted by atomic mass is 35.5. The fourth-order valence-electron chi connectivity index (χ4n) is 3.23. The number of para-hydroxylation sites is 1. The zero-order valence-electron chi connectivity index (χ0n) is 12.7. The van der Waals surface area contributed by atoms with E-state index in [0.717, 1.165) is 38.5 Å². The van der Waals surface area contributed by atoms with Crippen LogP contribution in [0.5, 0.6) is 0 Å². The van der Waals surface area contributed by atoms with Gasteiger partial charge in [-0.2, -0.15) is 0 Å². The maximum absolute atomic E-state index is 12.1. The van der Waals surface area contributed by atoms with E-state index in [2.05, 4.69) is 34.7 Å². The number of halogens is 1. The molecule has 1 aliphatic carbocycles. The number of aromatic nitrogens is 1. The Morgan fingerprint density at radius 1 is 1.27 bits per heavy atom. The van der Waals surface area contributed by atoms with Gasteiger partial charge in [0.05, 0.1) is 5.54 Å². The van der Waals surface area contributed by atoms with Crippen molar-refractivity contribution >= 4 is 29.2 Å². The van der Waals surface area contributed by atoms with E-state index in [1.165, 1.54) is 16.5 Å². The van der Waals surface area contributed by atoms with Crippen LogP contribution in [0.25, 0.3) is 10.9 Å². The molecule has 1 aromatic carbocycles. The molecule has 0 aliphatic heterocycles. The molecule has 4 N–H and O–H groups in total. The lowest BCUT2D eigenvalue weighted by Crippen LogP contribution is -2.52. The molecule has 2 aromatic rings. The van der Waals surface area contributed by atoms with Gasteiger partial charge < -0.3 is 16.0 Å². The highest BCUT2D eigenvalue weighted by molar-refractivity contribution is 5.86. The van der Waals surface area contributed by atoms with Crippen molar-refractivity contribution in [1.82, 2.24) is 10.3 Å². The maximum atomic E-state index is 12.1. The number of fused-ring (bicyclic) bond motifs is 1. The second-order valence-electron chi connectivity index (χ2n) is 6.08. The normalized spacial score (nSPS) is 16.4. The zero-order chi connectivity index (χ0) is 14.7. The predicted molar refractivity (Wildman–Crippen MR) is 92.3 cm³/mol. The maximum Gasteiger partial charge on any atom is 0.240 e. The molecule has 120 valence electrons. The summed E-state index contributed by atoms with van der Waals surface area (Å²) >= 11 is 0. The van der Waals surface area contributed by atoms with E-state index in [-0.39, 0.29) is 18.3 Å². The number of hydrogen-bond donors (Lipinski definition) is 3. The molecule has 1 saturated carbocycles. The minimum Gasteiger partial charge on any atom is -0.361 e. The minimum absolute atomic E-state index is 0. The predicted octanol–water partition coefficient (Wildman–Crippen LogP) is 2.91. The topological polar surface area (TPSA) is 70.9 Å². The summed E-state index contributed by atoms with van der Waals surface area (Å²) in [4.78, 5) is 15.4. The van der Waals surface area contributed by atoms with Crippen LogP contribution in [0.1, 0.15) is 37.7 Å². The summed E-state index contributed by atoms with van der Waals surface area (Å²) in [5, 5.41) is 4.27. The number of H-pyrrole nitrogens is 1. The minimum atomic E-state index is -0.610. The summed E-state index contributed by atoms with van der Waals surface area (Å²) in [6, 6.07) is 8.30. The van der Waals surface area contributed by atoms with E-state index in [1.54, 1.807) is 0 Å². The lowest BCUT2D eigenvalue weighted by atomic mass is 9.98. The highest BCUT2D eigenvalue weighted by Gasteiger charge is 2.36. The molecule has 0 spiro atoms. The first-order valence-corrected chi connectivity index (χ1v) is 7.81. The van der Waals surface area contributed by atoms with Gasteiger partial charge in [0, 0.05) is 23.6 Å². The van der Waals surface area contributed by atoms with Crippen molar-refractivity contribution in [3.63, 3.8) is 0 Å². The number of carbonyl (C=O) groups is 1. The van der Waals surface area contributed by atoms with Gasteiger partial charge in [0.15, 0.2) is 0 Å². The van der Waals surface area contributed by atoms with Gasteiger partial charge in [-0.3, -0.25) is 4.79 Å². The van der Waals surface area contributed by atoms with Crippen molar-refractivity contribution < 1.29 is 4.79 Å². The summed E-state index contributed by atoms with van der Waals surface area (Å²) in [5.74, 6) is 0.0268. The van der Waals surface area contributed by atoms with Crippen LogP contribution in [0.2, 0.25) is 0 Å². The number of nitrogens with one attached hydrogen (secondary N) is 2. The fraction of sp³-hybridized carbons (Fsp3) is 0.471. The average Bonchev–Trinajstić information content (AvgIpc) is 3.11. The number of rotatable bonds is 5. The van der Waals surface area contributed by atoms with Gasteiger partial charge in [0.25, 0.3) is 0 Å². The van der Waals surface area contributed by atoms with Crippen LogP contribution >= 0.6 is 12.4 Å². The lowest BCUT2D eigenvalue weighted by molar-refractivity contribution is -0.126. The van der Waals surface area contributed by atoms with E-state index in [1.807, 2.05) is 6.07 Å². The van der Waals surface area contributed by atoms with Crippen LogP contribution in [0, 0.1) is 0 Å². The lowest BCUT2D eigenvalue weighted by Gasteiger charge is -2.22. The summed E-state index contributed by atoms with van der Waals surface area (Å²) in [5.41, 5.74) is 8.00. The van der Waals surface area contributed by atoms with Crippen LogP contribution in [-0.4, -0.2) is 23.0 Å². The standard InChI is InChI=1S/C17H23N3O.ClH/c18-17(9-3-4-10-17)16(21)19-11-5-6-13-12-20-15-8-2-1-7-14(13)15;/h1-2,7-8,12,20H,3-6,9-11,18H2,(H,19,21);1H. The van der Waals surface area contributed by atoms with Gasteiger partial charge in [-0.15, -0.1) is 12.4 Å². The summed E-state index contributed by atoms with van der Waals surface area (Å²) in [7, 11) is 0. The molecular formula is C17H24ClN3O. The molecule has 1 amide bonds. The molecule has 1 fully saturated rings. The van der Waals surface area contributed by atoms with Crippen LogP contribution in [-0.2, 0) is 11.2 Å². The van der Waals surface area contributed by atoms with Crippen molar-refractivity contribution in [1.29, 1.82) is 0 Å². The van der Waals surface area contributed by atoms with Crippen molar-refractivity contribution in [2.45, 2.75) is 44.1 Å². The summed E-state index contributed by atoms with van der Waals surface area (Å²) in [6.07, 6.45) is 7.74. The van der Waals surface area contributed by atoms with E-state index in [0.29, 0.717) is 6.54 Å². The monoisotopic (exact) mass is 321 g/mol. The van der Waals surface area contributed by atoms with E-state index in [4.69, 9.17) is 5.73 Å². The molecule has 1 heterocycles. The number of benzene rings is 1. The second-order valence-corrected chi connectivity index (χ2v) is 6.08. The molecule has 3 rings (SSSR count). The largest absolute Gasteiger partial charge is 0.361 e. The number of nitrogens with two attached hydrogens (primary N) is 1. The van der Waals surface area contributed by atoms with E-state index >= 15 is 0 Å². The third-order valence-corrected chi connectivity index (χ3v) is 4.53. The number of aryl methyl sites for hydroxylation is 1. The molecule has 0 atom stereocenters. The molecule has 0 bridgehead atoms. The Morgan fingerprint density at radius 3 is 2.77 bits per heavy atom. The Bertz CT molecular complexity index is 632. The molecule has 22 heavy (non-hydrogen) atoms. The van der Waals surface area contributed by atoms with Gasteiger partial charge in [-0.05, 0) is 37.3 Å². The Hall–Kier alpha value is -1.52. The quantitative estimate of drug-likeness (QED) is 0.741. The molecule has 0 unspecified atom stereocenters. The molecule has 0 saturated heterocycles. The molecule has 5 heteroatoms. The molecule has 4 nitrogen and oxygen atoms in total. The van der Waals surface area contributed by atoms with Crippen LogP contribution in [0.15, 0.2) is 30.5 Å². The number of carbonyl (C=O) groups excluding carboxylic acids is 1. The Kier molecular flexibility index (Phi) is 5.48. The Balaban J connectivity index is 0.00000176. The Labute approximate surface area is 137 Å². The van der Waals surface area contributed by atoms with E-state index < -0.39 is 5.54 Å². The van der Waals surface area contributed by atoms with Crippen LogP contribution in [0.4, 0.5) is 0 Å². The van der Waals surface area contributed by atoms with Crippen molar-refractivity contribution in [2.75, 3.05) is 6.54 Å². The summed E-state index contributed by atoms with van der Waals surface area (Å²) < 4.78 is 0. The number of amides is 1. The molecule has 1 aliphatic rings. The Morgan fingerprint density at radius 2 is 2.00 bits per heavy atom. The van der Waals surface area contributed by atoms with Crippen LogP contribution in [0.3, 0.4) is 0 Å². The van der Waals surface area contributed by atoms with Crippen LogP contribution < -0.4 is 11.1 Å². The second kappa shape index (κ2) is 7.16. The molecular weight excluding hydrogens is 298 g/mol.